The zero-order valence-electron chi connectivity index (χ0n) is 19.1. The molecule has 0 aromatic heterocycles. The van der Waals surface area contributed by atoms with Gasteiger partial charge in [-0.15, -0.1) is 0 Å². The van der Waals surface area contributed by atoms with Crippen LogP contribution in [0.3, 0.4) is 0 Å². The van der Waals surface area contributed by atoms with Gasteiger partial charge in [0.2, 0.25) is 0 Å². The van der Waals surface area contributed by atoms with E-state index in [9.17, 15) is 0 Å². The van der Waals surface area contributed by atoms with Crippen molar-refractivity contribution in [1.29, 1.82) is 0 Å². The van der Waals surface area contributed by atoms with Crippen LogP contribution in [0.5, 0.6) is 0 Å². The van der Waals surface area contributed by atoms with Gasteiger partial charge in [0.25, 0.3) is 0 Å². The van der Waals surface area contributed by atoms with Crippen molar-refractivity contribution in [3.05, 3.63) is 0 Å². The number of rotatable bonds is 17. The maximum absolute atomic E-state index is 5.71. The standard InChI is InChI=1S/C26H50O/c1-4-5-6-7-8-9-10-11-12-13-14-15-16-17-20-26(2,3)22-23-18-19-24-25(21-23)27-24/h23-25H,4-22H2,1-3H3. The minimum Gasteiger partial charge on any atom is -0.370 e. The summed E-state index contributed by atoms with van der Waals surface area (Å²) in [5, 5.41) is 0. The zero-order valence-corrected chi connectivity index (χ0v) is 19.1. The van der Waals surface area contributed by atoms with Gasteiger partial charge < -0.3 is 4.74 Å². The molecule has 1 saturated carbocycles. The highest BCUT2D eigenvalue weighted by Crippen LogP contribution is 2.44. The maximum Gasteiger partial charge on any atom is 0.0844 e. The second-order valence-electron chi connectivity index (χ2n) is 10.6. The molecule has 1 aliphatic heterocycles. The molecule has 0 spiro atoms. The van der Waals surface area contributed by atoms with Crippen LogP contribution in [0.25, 0.3) is 0 Å². The highest BCUT2D eigenvalue weighted by molar-refractivity contribution is 4.93. The lowest BCUT2D eigenvalue weighted by atomic mass is 9.74. The molecule has 0 amide bonds. The number of ether oxygens (including phenoxy) is 1. The molecule has 0 bridgehead atoms. The van der Waals surface area contributed by atoms with E-state index >= 15 is 0 Å². The highest BCUT2D eigenvalue weighted by Gasteiger charge is 2.44. The van der Waals surface area contributed by atoms with Gasteiger partial charge in [-0.25, -0.2) is 0 Å². The fourth-order valence-electron chi connectivity index (χ4n) is 5.35. The summed E-state index contributed by atoms with van der Waals surface area (Å²) in [6.07, 6.45) is 28.7. The van der Waals surface area contributed by atoms with Gasteiger partial charge in [-0.1, -0.05) is 111 Å². The molecule has 2 fully saturated rings. The van der Waals surface area contributed by atoms with Gasteiger partial charge >= 0.3 is 0 Å². The minimum absolute atomic E-state index is 0.545. The summed E-state index contributed by atoms with van der Waals surface area (Å²) in [5.41, 5.74) is 0.545. The molecule has 1 heterocycles. The molecule has 3 unspecified atom stereocenters. The van der Waals surface area contributed by atoms with E-state index in [0.717, 1.165) is 5.92 Å². The van der Waals surface area contributed by atoms with Crippen molar-refractivity contribution >= 4 is 0 Å². The fraction of sp³-hybridized carbons (Fsp3) is 1.00. The number of epoxide rings is 1. The Kier molecular flexibility index (Phi) is 11.4. The molecule has 1 aliphatic carbocycles. The van der Waals surface area contributed by atoms with Crippen LogP contribution in [-0.4, -0.2) is 12.2 Å². The molecule has 1 nitrogen and oxygen atoms in total. The molecular formula is C26H50O. The van der Waals surface area contributed by atoms with Crippen molar-refractivity contribution in [1.82, 2.24) is 0 Å². The van der Waals surface area contributed by atoms with Crippen LogP contribution in [0.4, 0.5) is 0 Å². The van der Waals surface area contributed by atoms with Gasteiger partial charge in [-0.2, -0.15) is 0 Å². The predicted octanol–water partition coefficient (Wildman–Crippen LogP) is 8.84. The lowest BCUT2D eigenvalue weighted by Gasteiger charge is -2.31. The fourth-order valence-corrected chi connectivity index (χ4v) is 5.35. The molecule has 0 radical (unpaired) electrons. The lowest BCUT2D eigenvalue weighted by Crippen LogP contribution is -2.21. The summed E-state index contributed by atoms with van der Waals surface area (Å²) in [7, 11) is 0. The number of fused-ring (bicyclic) bond motifs is 1. The van der Waals surface area contributed by atoms with Crippen molar-refractivity contribution in [2.45, 2.75) is 155 Å². The average molecular weight is 379 g/mol. The molecule has 2 rings (SSSR count). The Labute approximate surface area is 171 Å². The van der Waals surface area contributed by atoms with E-state index in [-0.39, 0.29) is 0 Å². The Morgan fingerprint density at radius 2 is 1.19 bits per heavy atom. The number of hydrogen-bond acceptors (Lipinski definition) is 1. The summed E-state index contributed by atoms with van der Waals surface area (Å²) in [6.45, 7) is 7.32. The third kappa shape index (κ3) is 10.9. The van der Waals surface area contributed by atoms with E-state index in [1.165, 1.54) is 122 Å². The first-order valence-electron chi connectivity index (χ1n) is 12.8. The molecule has 160 valence electrons. The minimum atomic E-state index is 0.545. The Morgan fingerprint density at radius 1 is 0.667 bits per heavy atom. The van der Waals surface area contributed by atoms with E-state index in [1.807, 2.05) is 0 Å². The van der Waals surface area contributed by atoms with E-state index in [2.05, 4.69) is 20.8 Å². The second kappa shape index (κ2) is 13.2. The smallest absolute Gasteiger partial charge is 0.0844 e. The summed E-state index contributed by atoms with van der Waals surface area (Å²) in [6, 6.07) is 0. The van der Waals surface area contributed by atoms with Crippen molar-refractivity contribution in [3.8, 4) is 0 Å². The quantitative estimate of drug-likeness (QED) is 0.182. The van der Waals surface area contributed by atoms with Gasteiger partial charge in [0.05, 0.1) is 12.2 Å². The van der Waals surface area contributed by atoms with Crippen LogP contribution in [0.2, 0.25) is 0 Å². The van der Waals surface area contributed by atoms with E-state index in [4.69, 9.17) is 4.74 Å². The van der Waals surface area contributed by atoms with E-state index in [0.29, 0.717) is 17.6 Å². The van der Waals surface area contributed by atoms with E-state index < -0.39 is 0 Å². The Bertz CT molecular complexity index is 361. The molecule has 3 atom stereocenters. The summed E-state index contributed by atoms with van der Waals surface area (Å²) < 4.78 is 5.71. The third-order valence-electron chi connectivity index (χ3n) is 7.16. The third-order valence-corrected chi connectivity index (χ3v) is 7.16. The second-order valence-corrected chi connectivity index (χ2v) is 10.6. The van der Waals surface area contributed by atoms with Crippen LogP contribution in [-0.2, 0) is 4.74 Å². The van der Waals surface area contributed by atoms with Crippen molar-refractivity contribution in [2.24, 2.45) is 11.3 Å². The molecule has 1 saturated heterocycles. The van der Waals surface area contributed by atoms with Gasteiger partial charge in [-0.3, -0.25) is 0 Å². The van der Waals surface area contributed by atoms with Crippen LogP contribution >= 0.6 is 0 Å². The first kappa shape index (κ1) is 23.2. The molecule has 2 aliphatic rings. The van der Waals surface area contributed by atoms with Crippen molar-refractivity contribution in [2.75, 3.05) is 0 Å². The van der Waals surface area contributed by atoms with Gasteiger partial charge in [0.15, 0.2) is 0 Å². The summed E-state index contributed by atoms with van der Waals surface area (Å²) >= 11 is 0. The SMILES string of the molecule is CCCCCCCCCCCCCCCCC(C)(C)CC1CCC2OC2C1. The molecule has 1 heteroatoms. The largest absolute Gasteiger partial charge is 0.370 e. The van der Waals surface area contributed by atoms with Crippen LogP contribution in [0, 0.1) is 11.3 Å². The van der Waals surface area contributed by atoms with E-state index in [1.54, 1.807) is 0 Å². The Hall–Kier alpha value is -0.0400. The maximum atomic E-state index is 5.71. The highest BCUT2D eigenvalue weighted by atomic mass is 16.6. The van der Waals surface area contributed by atoms with Crippen LogP contribution in [0.1, 0.15) is 143 Å². The summed E-state index contributed by atoms with van der Waals surface area (Å²) in [5.74, 6) is 0.940. The van der Waals surface area contributed by atoms with Crippen LogP contribution < -0.4 is 0 Å². The van der Waals surface area contributed by atoms with Crippen molar-refractivity contribution in [3.63, 3.8) is 0 Å². The number of hydrogen-bond donors (Lipinski definition) is 0. The summed E-state index contributed by atoms with van der Waals surface area (Å²) in [4.78, 5) is 0. The Morgan fingerprint density at radius 3 is 1.70 bits per heavy atom. The van der Waals surface area contributed by atoms with Gasteiger partial charge in [0, 0.05) is 0 Å². The molecule has 0 N–H and O–H groups in total. The zero-order chi connectivity index (χ0) is 19.4. The van der Waals surface area contributed by atoms with Gasteiger partial charge in [-0.05, 0) is 43.4 Å². The monoisotopic (exact) mass is 378 g/mol. The molecule has 0 aromatic rings. The average Bonchev–Trinajstić information content (AvgIpc) is 3.40. The lowest BCUT2D eigenvalue weighted by molar-refractivity contribution is 0.211. The van der Waals surface area contributed by atoms with Crippen LogP contribution in [0.15, 0.2) is 0 Å². The first-order chi connectivity index (χ1) is 13.1. The molecule has 27 heavy (non-hydrogen) atoms. The molecule has 0 aromatic carbocycles. The normalized spacial score (nSPS) is 24.8. The van der Waals surface area contributed by atoms with Gasteiger partial charge in [0.1, 0.15) is 0 Å². The predicted molar refractivity (Wildman–Crippen MR) is 119 cm³/mol. The first-order valence-corrected chi connectivity index (χ1v) is 12.8. The topological polar surface area (TPSA) is 12.5 Å². The van der Waals surface area contributed by atoms with Crippen molar-refractivity contribution < 1.29 is 4.74 Å². The number of unbranched alkanes of at least 4 members (excludes halogenated alkanes) is 13. The Balaban J connectivity index is 1.32. The molecular weight excluding hydrogens is 328 g/mol.